The third-order valence-electron chi connectivity index (χ3n) is 0.931. The minimum atomic E-state index is -1.17. The summed E-state index contributed by atoms with van der Waals surface area (Å²) in [5, 5.41) is 0. The normalized spacial score (nSPS) is 13.6. The lowest BCUT2D eigenvalue weighted by Crippen LogP contribution is -2.20. The predicted molar refractivity (Wildman–Crippen MR) is 51.5 cm³/mol. The molecule has 0 amide bonds. The van der Waals surface area contributed by atoms with Gasteiger partial charge in [0.05, 0.1) is 8.07 Å². The second-order valence-corrected chi connectivity index (χ2v) is 10.1. The van der Waals surface area contributed by atoms with Gasteiger partial charge in [-0.2, -0.15) is 0 Å². The molecule has 0 atom stereocenters. The average Bonchev–Trinajstić information content (AvgIpc) is 1.64. The molecule has 0 radical (unpaired) electrons. The van der Waals surface area contributed by atoms with Gasteiger partial charge in [-0.1, -0.05) is 42.2 Å². The number of allylic oxidation sites excluding steroid dienone is 1. The number of carbonyl (C=O) groups excluding carboxylic acids is 1. The van der Waals surface area contributed by atoms with Crippen molar-refractivity contribution in [3.05, 3.63) is 9.28 Å². The lowest BCUT2D eigenvalue weighted by molar-refractivity contribution is -0.104. The summed E-state index contributed by atoms with van der Waals surface area (Å²) in [7, 11) is -1.17. The first-order valence-electron chi connectivity index (χ1n) is 2.80. The molecule has 0 saturated carbocycles. The molecule has 0 aromatic rings. The van der Waals surface area contributed by atoms with Crippen molar-refractivity contribution < 1.29 is 4.79 Å². The van der Waals surface area contributed by atoms with E-state index in [-0.39, 0.29) is 0 Å². The van der Waals surface area contributed by atoms with Crippen molar-refractivity contribution in [2.75, 3.05) is 0 Å². The van der Waals surface area contributed by atoms with Crippen LogP contribution in [0.1, 0.15) is 0 Å². The van der Waals surface area contributed by atoms with Crippen LogP contribution < -0.4 is 0 Å². The minimum Gasteiger partial charge on any atom is -0.299 e. The zero-order chi connectivity index (χ0) is 7.49. The van der Waals surface area contributed by atoms with E-state index >= 15 is 0 Å². The third-order valence-corrected chi connectivity index (χ3v) is 7.74. The maximum atomic E-state index is 10.0. The van der Waals surface area contributed by atoms with Crippen LogP contribution in [0.3, 0.4) is 0 Å². The third kappa shape index (κ3) is 3.86. The van der Waals surface area contributed by atoms with Gasteiger partial charge >= 0.3 is 0 Å². The van der Waals surface area contributed by atoms with Gasteiger partial charge in [-0.25, -0.2) is 0 Å². The zero-order valence-electron chi connectivity index (χ0n) is 5.94. The molecule has 0 saturated heterocycles. The molecule has 0 fully saturated rings. The summed E-state index contributed by atoms with van der Waals surface area (Å²) >= 11 is 2.24. The van der Waals surface area contributed by atoms with E-state index in [0.717, 1.165) is 6.29 Å². The standard InChI is InChI=1S/C6H11IOSi/c1-9(2,3)6(7)4-5-8/h4-5H,1-3H3/b6-4+. The van der Waals surface area contributed by atoms with Gasteiger partial charge in [-0.05, 0) is 9.28 Å². The van der Waals surface area contributed by atoms with Crippen LogP contribution in [0.4, 0.5) is 0 Å². The van der Waals surface area contributed by atoms with Crippen LogP contribution in [0.25, 0.3) is 0 Å². The van der Waals surface area contributed by atoms with Gasteiger partial charge in [-0.3, -0.25) is 4.79 Å². The molecule has 0 heterocycles. The Hall–Kier alpha value is 0.357. The molecule has 0 aromatic carbocycles. The lowest BCUT2D eigenvalue weighted by Gasteiger charge is -2.13. The van der Waals surface area contributed by atoms with Gasteiger partial charge in [0.25, 0.3) is 0 Å². The summed E-state index contributed by atoms with van der Waals surface area (Å²) in [6.07, 6.45) is 2.52. The zero-order valence-corrected chi connectivity index (χ0v) is 9.10. The fraction of sp³-hybridized carbons (Fsp3) is 0.500. The van der Waals surface area contributed by atoms with Crippen molar-refractivity contribution in [2.24, 2.45) is 0 Å². The molecule has 0 rings (SSSR count). The lowest BCUT2D eigenvalue weighted by atomic mass is 10.7. The fourth-order valence-corrected chi connectivity index (χ4v) is 1.02. The van der Waals surface area contributed by atoms with Crippen molar-refractivity contribution in [1.82, 2.24) is 0 Å². The monoisotopic (exact) mass is 254 g/mol. The van der Waals surface area contributed by atoms with Crippen LogP contribution in [0.15, 0.2) is 9.28 Å². The Morgan fingerprint density at radius 2 is 1.89 bits per heavy atom. The van der Waals surface area contributed by atoms with E-state index in [9.17, 15) is 4.79 Å². The summed E-state index contributed by atoms with van der Waals surface area (Å²) in [6, 6.07) is 0. The van der Waals surface area contributed by atoms with Gasteiger partial charge in [-0.15, -0.1) is 0 Å². The molecular weight excluding hydrogens is 243 g/mol. The van der Waals surface area contributed by atoms with Crippen molar-refractivity contribution in [3.8, 4) is 0 Å². The first kappa shape index (κ1) is 9.36. The molecule has 0 aliphatic carbocycles. The Balaban J connectivity index is 4.19. The Bertz CT molecular complexity index is 134. The first-order chi connectivity index (χ1) is 3.98. The van der Waals surface area contributed by atoms with E-state index in [1.807, 2.05) is 0 Å². The number of rotatable bonds is 2. The van der Waals surface area contributed by atoms with Crippen molar-refractivity contribution in [1.29, 1.82) is 0 Å². The molecule has 0 unspecified atom stereocenters. The van der Waals surface area contributed by atoms with Crippen molar-refractivity contribution in [2.45, 2.75) is 19.6 Å². The van der Waals surface area contributed by atoms with Crippen LogP contribution in [0.5, 0.6) is 0 Å². The topological polar surface area (TPSA) is 17.1 Å². The fourth-order valence-electron chi connectivity index (χ4n) is 0.310. The smallest absolute Gasteiger partial charge is 0.143 e. The molecule has 3 heteroatoms. The van der Waals surface area contributed by atoms with Gasteiger partial charge in [0.15, 0.2) is 0 Å². The molecule has 52 valence electrons. The summed E-state index contributed by atoms with van der Waals surface area (Å²) in [4.78, 5) is 10.0. The number of aldehydes is 1. The van der Waals surface area contributed by atoms with E-state index in [4.69, 9.17) is 0 Å². The largest absolute Gasteiger partial charge is 0.299 e. The molecule has 0 spiro atoms. The molecule has 0 aliphatic rings. The molecule has 0 aromatic heterocycles. The van der Waals surface area contributed by atoms with Crippen LogP contribution >= 0.6 is 22.6 Å². The number of halogens is 1. The highest BCUT2D eigenvalue weighted by atomic mass is 127. The Kier molecular flexibility index (Phi) is 3.65. The highest BCUT2D eigenvalue weighted by molar-refractivity contribution is 14.1. The van der Waals surface area contributed by atoms with Crippen molar-refractivity contribution >= 4 is 37.0 Å². The highest BCUT2D eigenvalue weighted by Gasteiger charge is 2.15. The van der Waals surface area contributed by atoms with E-state index in [1.165, 1.54) is 3.20 Å². The van der Waals surface area contributed by atoms with E-state index < -0.39 is 8.07 Å². The van der Waals surface area contributed by atoms with E-state index in [1.54, 1.807) is 6.08 Å². The molecule has 0 bridgehead atoms. The van der Waals surface area contributed by atoms with Crippen LogP contribution in [-0.2, 0) is 4.79 Å². The number of carbonyl (C=O) groups is 1. The molecular formula is C6H11IOSi. The Morgan fingerprint density at radius 1 is 1.44 bits per heavy atom. The van der Waals surface area contributed by atoms with Gasteiger partial charge in [0.2, 0.25) is 0 Å². The molecule has 0 N–H and O–H groups in total. The van der Waals surface area contributed by atoms with Crippen LogP contribution in [0, 0.1) is 0 Å². The first-order valence-corrected chi connectivity index (χ1v) is 7.38. The van der Waals surface area contributed by atoms with Gasteiger partial charge < -0.3 is 0 Å². The van der Waals surface area contributed by atoms with Crippen molar-refractivity contribution in [3.63, 3.8) is 0 Å². The second kappa shape index (κ2) is 3.51. The highest BCUT2D eigenvalue weighted by Crippen LogP contribution is 2.19. The quantitative estimate of drug-likeness (QED) is 0.320. The maximum Gasteiger partial charge on any atom is 0.143 e. The van der Waals surface area contributed by atoms with Gasteiger partial charge in [0.1, 0.15) is 6.29 Å². The van der Waals surface area contributed by atoms with Crippen LogP contribution in [-0.4, -0.2) is 14.4 Å². The van der Waals surface area contributed by atoms with Crippen LogP contribution in [0.2, 0.25) is 19.6 Å². The Labute approximate surface area is 70.7 Å². The predicted octanol–water partition coefficient (Wildman–Crippen LogP) is 2.38. The summed E-state index contributed by atoms with van der Waals surface area (Å²) in [5.41, 5.74) is 0. The molecule has 9 heavy (non-hydrogen) atoms. The SMILES string of the molecule is C[Si](C)(C)/C(I)=C/C=O. The Morgan fingerprint density at radius 3 is 2.00 bits per heavy atom. The maximum absolute atomic E-state index is 10.0. The molecule has 1 nitrogen and oxygen atoms in total. The summed E-state index contributed by atoms with van der Waals surface area (Å²) < 4.78 is 1.23. The summed E-state index contributed by atoms with van der Waals surface area (Å²) in [6.45, 7) is 6.65. The van der Waals surface area contributed by atoms with E-state index in [0.29, 0.717) is 0 Å². The minimum absolute atomic E-state index is 0.861. The van der Waals surface area contributed by atoms with E-state index in [2.05, 4.69) is 42.2 Å². The number of hydrogen-bond donors (Lipinski definition) is 0. The molecule has 0 aliphatic heterocycles. The number of hydrogen-bond acceptors (Lipinski definition) is 1. The average molecular weight is 254 g/mol. The van der Waals surface area contributed by atoms with Gasteiger partial charge in [0, 0.05) is 0 Å². The second-order valence-electron chi connectivity index (χ2n) is 2.90. The summed E-state index contributed by atoms with van der Waals surface area (Å²) in [5.74, 6) is 0.